The summed E-state index contributed by atoms with van der Waals surface area (Å²) < 4.78 is 0. The molecule has 2 aliphatic heterocycles. The first-order valence-electron chi connectivity index (χ1n) is 8.94. The van der Waals surface area contributed by atoms with Crippen molar-refractivity contribution in [1.82, 2.24) is 4.90 Å². The van der Waals surface area contributed by atoms with Gasteiger partial charge in [-0.2, -0.15) is 0 Å². The van der Waals surface area contributed by atoms with Crippen molar-refractivity contribution in [1.29, 1.82) is 0 Å². The average Bonchev–Trinajstić information content (AvgIpc) is 2.45. The van der Waals surface area contributed by atoms with E-state index in [0.29, 0.717) is 5.78 Å². The van der Waals surface area contributed by atoms with Gasteiger partial charge in [0.15, 0.2) is 5.78 Å². The molecule has 1 saturated carbocycles. The van der Waals surface area contributed by atoms with Crippen molar-refractivity contribution in [2.45, 2.75) is 50.5 Å². The van der Waals surface area contributed by atoms with Crippen LogP contribution >= 0.6 is 0 Å². The fourth-order valence-corrected chi connectivity index (χ4v) is 4.23. The molecule has 0 atom stereocenters. The van der Waals surface area contributed by atoms with E-state index in [0.717, 1.165) is 44.6 Å². The SMILES string of the molecule is O=C(c1ccc(N2CCC2)cc1)C1(N2CCC2)CCCCC1. The molecule has 0 aromatic heterocycles. The largest absolute Gasteiger partial charge is 0.371 e. The first-order valence-corrected chi connectivity index (χ1v) is 8.94. The molecule has 22 heavy (non-hydrogen) atoms. The van der Waals surface area contributed by atoms with Crippen LogP contribution in [0.1, 0.15) is 55.3 Å². The Morgan fingerprint density at radius 2 is 1.45 bits per heavy atom. The highest BCUT2D eigenvalue weighted by molar-refractivity contribution is 6.03. The van der Waals surface area contributed by atoms with Gasteiger partial charge in [-0.3, -0.25) is 9.69 Å². The molecule has 0 bridgehead atoms. The number of Topliss-reactive ketones (excluding diaryl/α,β-unsaturated/α-hetero) is 1. The van der Waals surface area contributed by atoms with E-state index in [1.165, 1.54) is 37.8 Å². The Morgan fingerprint density at radius 3 is 1.95 bits per heavy atom. The van der Waals surface area contributed by atoms with Gasteiger partial charge in [0.2, 0.25) is 0 Å². The van der Waals surface area contributed by atoms with E-state index in [1.54, 1.807) is 0 Å². The van der Waals surface area contributed by atoms with E-state index in [-0.39, 0.29) is 5.54 Å². The average molecular weight is 298 g/mol. The number of carbonyl (C=O) groups is 1. The first-order chi connectivity index (χ1) is 10.8. The number of benzene rings is 1. The van der Waals surface area contributed by atoms with Crippen LogP contribution in [0.15, 0.2) is 24.3 Å². The van der Waals surface area contributed by atoms with Crippen molar-refractivity contribution < 1.29 is 4.79 Å². The molecule has 3 heteroatoms. The van der Waals surface area contributed by atoms with Crippen molar-refractivity contribution in [3.8, 4) is 0 Å². The Balaban J connectivity index is 1.57. The smallest absolute Gasteiger partial charge is 0.183 e. The Bertz CT molecular complexity index is 537. The van der Waals surface area contributed by atoms with Crippen LogP contribution in [-0.2, 0) is 0 Å². The molecule has 2 saturated heterocycles. The fourth-order valence-electron chi connectivity index (χ4n) is 4.23. The second-order valence-corrected chi connectivity index (χ2v) is 7.15. The van der Waals surface area contributed by atoms with Gasteiger partial charge >= 0.3 is 0 Å². The molecule has 0 unspecified atom stereocenters. The zero-order valence-corrected chi connectivity index (χ0v) is 13.4. The summed E-state index contributed by atoms with van der Waals surface area (Å²) >= 11 is 0. The molecule has 0 radical (unpaired) electrons. The third kappa shape index (κ3) is 2.26. The van der Waals surface area contributed by atoms with Gasteiger partial charge in [-0.1, -0.05) is 19.3 Å². The van der Waals surface area contributed by atoms with Gasteiger partial charge in [0.1, 0.15) is 0 Å². The van der Waals surface area contributed by atoms with Crippen molar-refractivity contribution >= 4 is 11.5 Å². The summed E-state index contributed by atoms with van der Waals surface area (Å²) in [7, 11) is 0. The highest BCUT2D eigenvalue weighted by Gasteiger charge is 2.46. The summed E-state index contributed by atoms with van der Waals surface area (Å²) in [5.74, 6) is 0.377. The summed E-state index contributed by atoms with van der Waals surface area (Å²) in [6.45, 7) is 4.53. The predicted molar refractivity (Wildman–Crippen MR) is 89.6 cm³/mol. The van der Waals surface area contributed by atoms with E-state index in [2.05, 4.69) is 34.1 Å². The summed E-state index contributed by atoms with van der Waals surface area (Å²) in [6, 6.07) is 8.40. The topological polar surface area (TPSA) is 23.6 Å². The van der Waals surface area contributed by atoms with Crippen LogP contribution in [-0.4, -0.2) is 42.4 Å². The molecular formula is C19H26N2O. The maximum Gasteiger partial charge on any atom is 0.183 e. The third-order valence-corrected chi connectivity index (χ3v) is 5.92. The number of carbonyl (C=O) groups excluding carboxylic acids is 1. The molecule has 3 aliphatic rings. The van der Waals surface area contributed by atoms with E-state index in [1.807, 2.05) is 0 Å². The Kier molecular flexibility index (Phi) is 3.69. The number of anilines is 1. The van der Waals surface area contributed by atoms with Gasteiger partial charge in [0.25, 0.3) is 0 Å². The first kappa shape index (κ1) is 14.3. The molecule has 3 fully saturated rings. The zero-order chi connectivity index (χ0) is 15.0. The quantitative estimate of drug-likeness (QED) is 0.795. The molecule has 1 aliphatic carbocycles. The molecule has 1 aromatic rings. The van der Waals surface area contributed by atoms with Crippen LogP contribution in [0, 0.1) is 0 Å². The fraction of sp³-hybridized carbons (Fsp3) is 0.632. The third-order valence-electron chi connectivity index (χ3n) is 5.92. The van der Waals surface area contributed by atoms with Crippen LogP contribution < -0.4 is 4.90 Å². The van der Waals surface area contributed by atoms with Crippen LogP contribution in [0.3, 0.4) is 0 Å². The standard InChI is InChI=1S/C19H26N2O/c22-18(16-6-8-17(9-7-16)20-12-4-13-20)19(21-14-5-15-21)10-2-1-3-11-19/h6-9H,1-5,10-15H2. The highest BCUT2D eigenvalue weighted by atomic mass is 16.1. The maximum atomic E-state index is 13.3. The minimum absolute atomic E-state index is 0.186. The molecule has 0 amide bonds. The Hall–Kier alpha value is -1.35. The van der Waals surface area contributed by atoms with Crippen LogP contribution in [0.5, 0.6) is 0 Å². The lowest BCUT2D eigenvalue weighted by Crippen LogP contribution is -2.60. The van der Waals surface area contributed by atoms with E-state index in [4.69, 9.17) is 0 Å². The number of hydrogen-bond acceptors (Lipinski definition) is 3. The Morgan fingerprint density at radius 1 is 0.818 bits per heavy atom. The normalized spacial score (nSPS) is 24.5. The number of hydrogen-bond donors (Lipinski definition) is 0. The van der Waals surface area contributed by atoms with Gasteiger partial charge in [0, 0.05) is 37.4 Å². The molecular weight excluding hydrogens is 272 g/mol. The number of ketones is 1. The van der Waals surface area contributed by atoms with Gasteiger partial charge in [0.05, 0.1) is 5.54 Å². The van der Waals surface area contributed by atoms with Crippen molar-refractivity contribution in [3.05, 3.63) is 29.8 Å². The lowest BCUT2D eigenvalue weighted by Gasteiger charge is -2.50. The van der Waals surface area contributed by atoms with Gasteiger partial charge < -0.3 is 4.90 Å². The summed E-state index contributed by atoms with van der Waals surface area (Å²) in [6.07, 6.45) is 8.35. The van der Waals surface area contributed by atoms with E-state index < -0.39 is 0 Å². The summed E-state index contributed by atoms with van der Waals surface area (Å²) in [5, 5.41) is 0. The van der Waals surface area contributed by atoms with Gasteiger partial charge in [-0.25, -0.2) is 0 Å². The van der Waals surface area contributed by atoms with Gasteiger partial charge in [-0.15, -0.1) is 0 Å². The van der Waals surface area contributed by atoms with Crippen LogP contribution in [0.25, 0.3) is 0 Å². The number of likely N-dealkylation sites (tertiary alicyclic amines) is 1. The van der Waals surface area contributed by atoms with Gasteiger partial charge in [-0.05, 0) is 49.9 Å². The maximum absolute atomic E-state index is 13.3. The molecule has 1 aromatic carbocycles. The van der Waals surface area contributed by atoms with E-state index in [9.17, 15) is 4.79 Å². The minimum atomic E-state index is -0.186. The predicted octanol–water partition coefficient (Wildman–Crippen LogP) is 3.49. The second kappa shape index (κ2) is 5.69. The highest BCUT2D eigenvalue weighted by Crippen LogP contribution is 2.39. The molecule has 118 valence electrons. The molecule has 3 nitrogen and oxygen atoms in total. The molecule has 0 spiro atoms. The second-order valence-electron chi connectivity index (χ2n) is 7.15. The number of nitrogens with zero attached hydrogens (tertiary/aromatic N) is 2. The zero-order valence-electron chi connectivity index (χ0n) is 13.4. The lowest BCUT2D eigenvalue weighted by atomic mass is 9.74. The molecule has 4 rings (SSSR count). The van der Waals surface area contributed by atoms with Crippen LogP contribution in [0.2, 0.25) is 0 Å². The summed E-state index contributed by atoms with van der Waals surface area (Å²) in [4.78, 5) is 18.1. The number of rotatable bonds is 4. The van der Waals surface area contributed by atoms with Crippen LogP contribution in [0.4, 0.5) is 5.69 Å². The molecule has 2 heterocycles. The minimum Gasteiger partial charge on any atom is -0.371 e. The lowest BCUT2D eigenvalue weighted by molar-refractivity contribution is 0.00850. The Labute approximate surface area is 133 Å². The monoisotopic (exact) mass is 298 g/mol. The van der Waals surface area contributed by atoms with Crippen molar-refractivity contribution in [2.75, 3.05) is 31.1 Å². The summed E-state index contributed by atoms with van der Waals surface area (Å²) in [5.41, 5.74) is 2.00. The van der Waals surface area contributed by atoms with Crippen molar-refractivity contribution in [3.63, 3.8) is 0 Å². The van der Waals surface area contributed by atoms with E-state index >= 15 is 0 Å². The molecule has 0 N–H and O–H groups in total. The van der Waals surface area contributed by atoms with Crippen molar-refractivity contribution in [2.24, 2.45) is 0 Å².